The van der Waals surface area contributed by atoms with Crippen molar-refractivity contribution in [3.8, 4) is 0 Å². The summed E-state index contributed by atoms with van der Waals surface area (Å²) >= 11 is 0. The highest BCUT2D eigenvalue weighted by Gasteiger charge is 2.23. The molecule has 3 N–H and O–H groups in total. The van der Waals surface area contributed by atoms with E-state index in [1.165, 1.54) is 19.3 Å². The third-order valence-corrected chi connectivity index (χ3v) is 2.36. The van der Waals surface area contributed by atoms with Gasteiger partial charge in [-0.05, 0) is 12.8 Å². The summed E-state index contributed by atoms with van der Waals surface area (Å²) in [5, 5.41) is 0. The van der Waals surface area contributed by atoms with Gasteiger partial charge in [0.05, 0.1) is 5.69 Å². The van der Waals surface area contributed by atoms with E-state index in [1.54, 1.807) is 12.4 Å². The van der Waals surface area contributed by atoms with Crippen LogP contribution in [0.1, 0.15) is 30.9 Å². The van der Waals surface area contributed by atoms with Gasteiger partial charge in [0, 0.05) is 18.3 Å². The first-order chi connectivity index (χ1) is 5.92. The van der Waals surface area contributed by atoms with Gasteiger partial charge >= 0.3 is 0 Å². The van der Waals surface area contributed by atoms with Crippen molar-refractivity contribution in [2.75, 3.05) is 5.43 Å². The van der Waals surface area contributed by atoms with E-state index in [-0.39, 0.29) is 0 Å². The molecular weight excluding hydrogens is 152 g/mol. The fraction of sp³-hybridized carbons (Fsp3) is 0.500. The van der Waals surface area contributed by atoms with Gasteiger partial charge in [0.15, 0.2) is 5.82 Å². The van der Waals surface area contributed by atoms with E-state index in [1.807, 2.05) is 0 Å². The lowest BCUT2D eigenvalue weighted by molar-refractivity contribution is 0.411. The molecule has 1 saturated carbocycles. The second-order valence-electron chi connectivity index (χ2n) is 3.06. The van der Waals surface area contributed by atoms with Crippen molar-refractivity contribution in [1.29, 1.82) is 0 Å². The fourth-order valence-electron chi connectivity index (χ4n) is 1.44. The Morgan fingerprint density at radius 2 is 2.08 bits per heavy atom. The summed E-state index contributed by atoms with van der Waals surface area (Å²) < 4.78 is 0. The molecule has 1 heterocycles. The third-order valence-electron chi connectivity index (χ3n) is 2.36. The maximum atomic E-state index is 5.31. The number of hydrogen-bond donors (Lipinski definition) is 2. The SMILES string of the molecule is NNc1nccnc1C1CCC1. The molecule has 0 spiro atoms. The summed E-state index contributed by atoms with van der Waals surface area (Å²) in [5.74, 6) is 6.61. The fourth-order valence-corrected chi connectivity index (χ4v) is 1.44. The van der Waals surface area contributed by atoms with Crippen LogP contribution in [0.15, 0.2) is 12.4 Å². The second-order valence-corrected chi connectivity index (χ2v) is 3.06. The summed E-state index contributed by atoms with van der Waals surface area (Å²) in [6, 6.07) is 0. The molecule has 0 amide bonds. The number of nitrogens with one attached hydrogen (secondary N) is 1. The van der Waals surface area contributed by atoms with Crippen molar-refractivity contribution in [3.05, 3.63) is 18.1 Å². The summed E-state index contributed by atoms with van der Waals surface area (Å²) in [6.45, 7) is 0. The van der Waals surface area contributed by atoms with E-state index in [9.17, 15) is 0 Å². The molecule has 0 radical (unpaired) electrons. The lowest BCUT2D eigenvalue weighted by Crippen LogP contribution is -2.17. The first kappa shape index (κ1) is 7.49. The van der Waals surface area contributed by atoms with Gasteiger partial charge in [0.2, 0.25) is 0 Å². The van der Waals surface area contributed by atoms with Crippen LogP contribution in [-0.2, 0) is 0 Å². The van der Waals surface area contributed by atoms with Crippen LogP contribution in [0.2, 0.25) is 0 Å². The minimum Gasteiger partial charge on any atom is -0.307 e. The molecule has 2 rings (SSSR count). The molecule has 4 heteroatoms. The Morgan fingerprint density at radius 1 is 1.33 bits per heavy atom. The van der Waals surface area contributed by atoms with Crippen LogP contribution in [0.4, 0.5) is 5.82 Å². The molecule has 1 aromatic heterocycles. The Kier molecular flexibility index (Phi) is 1.91. The number of hydrazine groups is 1. The number of anilines is 1. The number of aromatic nitrogens is 2. The third kappa shape index (κ3) is 1.14. The molecule has 1 aliphatic rings. The zero-order chi connectivity index (χ0) is 8.39. The number of nitrogens with zero attached hydrogens (tertiary/aromatic N) is 2. The molecule has 0 bridgehead atoms. The molecule has 1 aromatic rings. The van der Waals surface area contributed by atoms with Crippen LogP contribution >= 0.6 is 0 Å². The van der Waals surface area contributed by atoms with Crippen molar-refractivity contribution in [2.45, 2.75) is 25.2 Å². The minimum absolute atomic E-state index is 0.574. The Bertz CT molecular complexity index is 270. The highest BCUT2D eigenvalue weighted by molar-refractivity contribution is 5.40. The van der Waals surface area contributed by atoms with Crippen LogP contribution in [0.3, 0.4) is 0 Å². The van der Waals surface area contributed by atoms with E-state index in [2.05, 4.69) is 15.4 Å². The topological polar surface area (TPSA) is 63.8 Å². The average Bonchev–Trinajstić information content (AvgIpc) is 2.02. The van der Waals surface area contributed by atoms with Crippen LogP contribution in [0.5, 0.6) is 0 Å². The second kappa shape index (κ2) is 3.06. The van der Waals surface area contributed by atoms with E-state index in [4.69, 9.17) is 5.84 Å². The normalized spacial score (nSPS) is 17.1. The molecule has 1 aliphatic carbocycles. The van der Waals surface area contributed by atoms with Crippen molar-refractivity contribution < 1.29 is 0 Å². The van der Waals surface area contributed by atoms with Gasteiger partial charge in [0.25, 0.3) is 0 Å². The minimum atomic E-state index is 0.574. The van der Waals surface area contributed by atoms with E-state index < -0.39 is 0 Å². The highest BCUT2D eigenvalue weighted by Crippen LogP contribution is 2.37. The first-order valence-electron chi connectivity index (χ1n) is 4.19. The number of nitrogens with two attached hydrogens (primary N) is 1. The van der Waals surface area contributed by atoms with Crippen molar-refractivity contribution in [2.24, 2.45) is 5.84 Å². The van der Waals surface area contributed by atoms with Crippen LogP contribution in [0.25, 0.3) is 0 Å². The maximum absolute atomic E-state index is 5.31. The molecular formula is C8H12N4. The average molecular weight is 164 g/mol. The van der Waals surface area contributed by atoms with Gasteiger partial charge in [-0.25, -0.2) is 10.8 Å². The standard InChI is InChI=1S/C8H12N4/c9-12-8-7(6-2-1-3-6)10-4-5-11-8/h4-6H,1-3,9H2,(H,11,12). The Labute approximate surface area is 71.2 Å². The largest absolute Gasteiger partial charge is 0.307 e. The first-order valence-corrected chi connectivity index (χ1v) is 4.19. The zero-order valence-corrected chi connectivity index (χ0v) is 6.83. The zero-order valence-electron chi connectivity index (χ0n) is 6.83. The van der Waals surface area contributed by atoms with Gasteiger partial charge in [0.1, 0.15) is 0 Å². The lowest BCUT2D eigenvalue weighted by Gasteiger charge is -2.25. The maximum Gasteiger partial charge on any atom is 0.162 e. The monoisotopic (exact) mass is 164 g/mol. The molecule has 0 atom stereocenters. The van der Waals surface area contributed by atoms with Gasteiger partial charge in [-0.2, -0.15) is 0 Å². The molecule has 64 valence electrons. The molecule has 0 unspecified atom stereocenters. The summed E-state index contributed by atoms with van der Waals surface area (Å²) in [4.78, 5) is 8.37. The Hall–Kier alpha value is -1.16. The molecule has 0 aliphatic heterocycles. The van der Waals surface area contributed by atoms with Crippen LogP contribution in [0, 0.1) is 0 Å². The molecule has 12 heavy (non-hydrogen) atoms. The van der Waals surface area contributed by atoms with Crippen molar-refractivity contribution in [1.82, 2.24) is 9.97 Å². The molecule has 1 fully saturated rings. The van der Waals surface area contributed by atoms with E-state index >= 15 is 0 Å². The van der Waals surface area contributed by atoms with Gasteiger partial charge in [-0.15, -0.1) is 0 Å². The predicted molar refractivity (Wildman–Crippen MR) is 46.4 cm³/mol. The lowest BCUT2D eigenvalue weighted by atomic mass is 9.83. The predicted octanol–water partition coefficient (Wildman–Crippen LogP) is 1.03. The van der Waals surface area contributed by atoms with Crippen LogP contribution in [-0.4, -0.2) is 9.97 Å². The van der Waals surface area contributed by atoms with Gasteiger partial charge in [-0.3, -0.25) is 4.98 Å². The molecule has 0 saturated heterocycles. The van der Waals surface area contributed by atoms with Gasteiger partial charge in [-0.1, -0.05) is 6.42 Å². The number of rotatable bonds is 2. The number of hydrogen-bond acceptors (Lipinski definition) is 4. The van der Waals surface area contributed by atoms with Crippen molar-refractivity contribution >= 4 is 5.82 Å². The van der Waals surface area contributed by atoms with Crippen molar-refractivity contribution in [3.63, 3.8) is 0 Å². The number of nitrogen functional groups attached to an aromatic ring is 1. The molecule has 4 nitrogen and oxygen atoms in total. The summed E-state index contributed by atoms with van der Waals surface area (Å²) in [6.07, 6.45) is 7.10. The van der Waals surface area contributed by atoms with E-state index in [0.29, 0.717) is 5.92 Å². The van der Waals surface area contributed by atoms with Gasteiger partial charge < -0.3 is 5.43 Å². The quantitative estimate of drug-likeness (QED) is 0.506. The Morgan fingerprint density at radius 3 is 2.67 bits per heavy atom. The summed E-state index contributed by atoms with van der Waals surface area (Å²) in [7, 11) is 0. The highest BCUT2D eigenvalue weighted by atomic mass is 15.3. The Balaban J connectivity index is 2.27. The smallest absolute Gasteiger partial charge is 0.162 e. The van der Waals surface area contributed by atoms with Crippen LogP contribution < -0.4 is 11.3 Å². The summed E-state index contributed by atoms with van der Waals surface area (Å²) in [5.41, 5.74) is 3.59. The van der Waals surface area contributed by atoms with E-state index in [0.717, 1.165) is 11.5 Å². The molecule has 0 aromatic carbocycles.